The van der Waals surface area contributed by atoms with Crippen LogP contribution in [0.1, 0.15) is 36.4 Å². The molecule has 0 aliphatic carbocycles. The zero-order chi connectivity index (χ0) is 17.1. The third-order valence-corrected chi connectivity index (χ3v) is 4.32. The molecular formula is C18H17F3N2O. The third-order valence-electron chi connectivity index (χ3n) is 4.32. The smallest absolute Gasteiger partial charge is 0.227 e. The van der Waals surface area contributed by atoms with E-state index >= 15 is 0 Å². The lowest BCUT2D eigenvalue weighted by molar-refractivity contribution is -0.134. The molecule has 0 radical (unpaired) electrons. The molecule has 1 aromatic heterocycles. The van der Waals surface area contributed by atoms with Crippen LogP contribution in [0.15, 0.2) is 36.7 Å². The van der Waals surface area contributed by atoms with Crippen molar-refractivity contribution in [3.05, 3.63) is 65.2 Å². The maximum atomic E-state index is 13.8. The van der Waals surface area contributed by atoms with Gasteiger partial charge in [-0.2, -0.15) is 0 Å². The zero-order valence-corrected chi connectivity index (χ0v) is 13.0. The van der Waals surface area contributed by atoms with Gasteiger partial charge in [0.2, 0.25) is 5.91 Å². The van der Waals surface area contributed by atoms with Crippen LogP contribution in [0.2, 0.25) is 0 Å². The lowest BCUT2D eigenvalue weighted by Crippen LogP contribution is -2.39. The third kappa shape index (κ3) is 3.42. The Morgan fingerprint density at radius 3 is 2.71 bits per heavy atom. The molecule has 0 unspecified atom stereocenters. The van der Waals surface area contributed by atoms with Crippen LogP contribution in [0.3, 0.4) is 0 Å². The number of rotatable bonds is 3. The number of pyridine rings is 1. The number of hydrogen-bond donors (Lipinski definition) is 0. The number of carbonyl (C=O) groups excluding carboxylic acids is 1. The number of aromatic nitrogens is 1. The molecule has 2 aromatic rings. The second-order valence-electron chi connectivity index (χ2n) is 5.92. The first kappa shape index (κ1) is 16.5. The van der Waals surface area contributed by atoms with Crippen LogP contribution < -0.4 is 0 Å². The van der Waals surface area contributed by atoms with Gasteiger partial charge in [-0.25, -0.2) is 13.2 Å². The number of likely N-dealkylation sites (tertiary alicyclic amines) is 1. The van der Waals surface area contributed by atoms with E-state index in [4.69, 9.17) is 0 Å². The summed E-state index contributed by atoms with van der Waals surface area (Å²) in [7, 11) is 0. The van der Waals surface area contributed by atoms with Crippen LogP contribution in [0.4, 0.5) is 13.2 Å². The van der Waals surface area contributed by atoms with Gasteiger partial charge in [0.1, 0.15) is 5.82 Å². The molecule has 6 heteroatoms. The fourth-order valence-corrected chi connectivity index (χ4v) is 3.11. The first-order valence-corrected chi connectivity index (χ1v) is 7.89. The average Bonchev–Trinajstić information content (AvgIpc) is 2.60. The van der Waals surface area contributed by atoms with E-state index < -0.39 is 17.5 Å². The standard InChI is InChI=1S/C18H17F3N2O/c19-14-10-16(21)15(20)8-13(14)9-18(24)23-7-2-1-5-17(23)12-4-3-6-22-11-12/h3-4,6,8,10-11,17H,1-2,5,7,9H2/t17-/m0/s1. The molecule has 0 saturated carbocycles. The van der Waals surface area contributed by atoms with Crippen LogP contribution in [0.5, 0.6) is 0 Å². The van der Waals surface area contributed by atoms with E-state index in [1.165, 1.54) is 0 Å². The quantitative estimate of drug-likeness (QED) is 0.800. The van der Waals surface area contributed by atoms with E-state index in [1.54, 1.807) is 17.3 Å². The second kappa shape index (κ2) is 7.03. The van der Waals surface area contributed by atoms with E-state index in [-0.39, 0.29) is 23.9 Å². The Morgan fingerprint density at radius 1 is 1.17 bits per heavy atom. The number of benzene rings is 1. The molecule has 1 saturated heterocycles. The SMILES string of the molecule is O=C(Cc1cc(F)c(F)cc1F)N1CCCC[C@H]1c1cccnc1. The molecule has 1 amide bonds. The summed E-state index contributed by atoms with van der Waals surface area (Å²) in [6.45, 7) is 0.559. The molecule has 1 aliphatic heterocycles. The molecule has 2 heterocycles. The Labute approximate surface area is 138 Å². The maximum absolute atomic E-state index is 13.8. The lowest BCUT2D eigenvalue weighted by atomic mass is 9.95. The molecule has 126 valence electrons. The molecule has 1 atom stereocenters. The normalized spacial score (nSPS) is 17.8. The molecular weight excluding hydrogens is 317 g/mol. The summed E-state index contributed by atoms with van der Waals surface area (Å²) in [5.41, 5.74) is 0.797. The number of amides is 1. The van der Waals surface area contributed by atoms with E-state index in [1.807, 2.05) is 12.1 Å². The predicted molar refractivity (Wildman–Crippen MR) is 82.6 cm³/mol. The molecule has 3 rings (SSSR count). The fraction of sp³-hybridized carbons (Fsp3) is 0.333. The Bertz CT molecular complexity index is 737. The number of halogens is 3. The van der Waals surface area contributed by atoms with Crippen LogP contribution >= 0.6 is 0 Å². The molecule has 0 bridgehead atoms. The highest BCUT2D eigenvalue weighted by atomic mass is 19.2. The summed E-state index contributed by atoms with van der Waals surface area (Å²) in [5, 5.41) is 0. The molecule has 1 aliphatic rings. The van der Waals surface area contributed by atoms with Crippen molar-refractivity contribution >= 4 is 5.91 Å². The number of piperidine rings is 1. The van der Waals surface area contributed by atoms with Gasteiger partial charge in [-0.15, -0.1) is 0 Å². The molecule has 24 heavy (non-hydrogen) atoms. The van der Waals surface area contributed by atoms with Crippen molar-refractivity contribution in [2.75, 3.05) is 6.54 Å². The maximum Gasteiger partial charge on any atom is 0.227 e. The van der Waals surface area contributed by atoms with Crippen molar-refractivity contribution < 1.29 is 18.0 Å². The molecule has 1 fully saturated rings. The van der Waals surface area contributed by atoms with Gasteiger partial charge >= 0.3 is 0 Å². The van der Waals surface area contributed by atoms with Gasteiger partial charge in [0.25, 0.3) is 0 Å². The van der Waals surface area contributed by atoms with Gasteiger partial charge in [-0.1, -0.05) is 6.07 Å². The van der Waals surface area contributed by atoms with E-state index in [2.05, 4.69) is 4.98 Å². The van der Waals surface area contributed by atoms with Crippen molar-refractivity contribution in [1.29, 1.82) is 0 Å². The Balaban J connectivity index is 1.81. The van der Waals surface area contributed by atoms with Crippen molar-refractivity contribution in [2.24, 2.45) is 0 Å². The lowest BCUT2D eigenvalue weighted by Gasteiger charge is -2.36. The summed E-state index contributed by atoms with van der Waals surface area (Å²) < 4.78 is 40.1. The predicted octanol–water partition coefficient (Wildman–Crippen LogP) is 3.80. The Morgan fingerprint density at radius 2 is 1.96 bits per heavy atom. The topological polar surface area (TPSA) is 33.2 Å². The Hall–Kier alpha value is -2.37. The molecule has 1 aromatic carbocycles. The minimum atomic E-state index is -1.25. The van der Waals surface area contributed by atoms with Crippen molar-refractivity contribution in [3.8, 4) is 0 Å². The van der Waals surface area contributed by atoms with Gasteiger partial charge in [0.05, 0.1) is 12.5 Å². The summed E-state index contributed by atoms with van der Waals surface area (Å²) in [6, 6.07) is 4.83. The van der Waals surface area contributed by atoms with Crippen LogP contribution in [0.25, 0.3) is 0 Å². The highest BCUT2D eigenvalue weighted by Crippen LogP contribution is 2.31. The summed E-state index contributed by atoms with van der Waals surface area (Å²) >= 11 is 0. The van der Waals surface area contributed by atoms with Crippen molar-refractivity contribution in [2.45, 2.75) is 31.7 Å². The van der Waals surface area contributed by atoms with Crippen LogP contribution in [-0.4, -0.2) is 22.3 Å². The van der Waals surface area contributed by atoms with E-state index in [9.17, 15) is 18.0 Å². The van der Waals surface area contributed by atoms with E-state index in [0.717, 1.165) is 30.9 Å². The first-order chi connectivity index (χ1) is 11.6. The number of hydrogen-bond acceptors (Lipinski definition) is 2. The van der Waals surface area contributed by atoms with Gasteiger partial charge in [-0.3, -0.25) is 9.78 Å². The van der Waals surface area contributed by atoms with Gasteiger partial charge < -0.3 is 4.90 Å². The zero-order valence-electron chi connectivity index (χ0n) is 13.0. The Kier molecular flexibility index (Phi) is 4.83. The minimum Gasteiger partial charge on any atom is -0.335 e. The number of nitrogens with zero attached hydrogens (tertiary/aromatic N) is 2. The summed E-state index contributed by atoms with van der Waals surface area (Å²) in [4.78, 5) is 18.4. The highest BCUT2D eigenvalue weighted by molar-refractivity contribution is 5.79. The molecule has 0 N–H and O–H groups in total. The fourth-order valence-electron chi connectivity index (χ4n) is 3.11. The van der Waals surface area contributed by atoms with Crippen molar-refractivity contribution in [1.82, 2.24) is 9.88 Å². The molecule has 3 nitrogen and oxygen atoms in total. The summed E-state index contributed by atoms with van der Waals surface area (Å²) in [6.07, 6.45) is 5.74. The van der Waals surface area contributed by atoms with Gasteiger partial charge in [0.15, 0.2) is 11.6 Å². The van der Waals surface area contributed by atoms with Crippen LogP contribution in [-0.2, 0) is 11.2 Å². The average molecular weight is 334 g/mol. The second-order valence-corrected chi connectivity index (χ2v) is 5.92. The summed E-state index contributed by atoms with van der Waals surface area (Å²) in [5.74, 6) is -3.61. The van der Waals surface area contributed by atoms with Gasteiger partial charge in [0, 0.05) is 30.6 Å². The van der Waals surface area contributed by atoms with Crippen molar-refractivity contribution in [3.63, 3.8) is 0 Å². The van der Waals surface area contributed by atoms with Crippen LogP contribution in [0, 0.1) is 17.5 Å². The van der Waals surface area contributed by atoms with Gasteiger partial charge in [-0.05, 0) is 37.0 Å². The first-order valence-electron chi connectivity index (χ1n) is 7.89. The monoisotopic (exact) mass is 334 g/mol. The minimum absolute atomic E-state index is 0.117. The largest absolute Gasteiger partial charge is 0.335 e. The molecule has 0 spiro atoms. The number of carbonyl (C=O) groups is 1. The van der Waals surface area contributed by atoms with E-state index in [0.29, 0.717) is 12.6 Å². The highest BCUT2D eigenvalue weighted by Gasteiger charge is 2.28.